The van der Waals surface area contributed by atoms with Crippen LogP contribution in [0.1, 0.15) is 18.3 Å². The summed E-state index contributed by atoms with van der Waals surface area (Å²) in [5.74, 6) is 1.07. The Morgan fingerprint density at radius 3 is 3.11 bits per heavy atom. The number of H-pyrrole nitrogens is 1. The number of carbonyl (C=O) groups is 1. The smallest absolute Gasteiger partial charge is 0.224 e. The molecule has 0 bridgehead atoms. The Morgan fingerprint density at radius 2 is 2.44 bits per heavy atom. The van der Waals surface area contributed by atoms with Gasteiger partial charge in [0, 0.05) is 39.1 Å². The number of piperazine rings is 1. The predicted molar refractivity (Wildman–Crippen MR) is 67.0 cm³/mol. The standard InChI is InChI=1S/C12H20N4O2/c1-15-6-7-16(11(17)3-8-18-2)9-10(15)12-13-4-5-14-12/h4-5,10H,3,6-9H2,1-2H3,(H,13,14)/t10-/m0/s1. The molecular formula is C12H20N4O2. The number of aromatic amines is 1. The van der Waals surface area contributed by atoms with Crippen LogP contribution in [0, 0.1) is 0 Å². The highest BCUT2D eigenvalue weighted by Gasteiger charge is 2.29. The second-order valence-corrected chi connectivity index (χ2v) is 4.55. The van der Waals surface area contributed by atoms with Crippen molar-refractivity contribution in [2.45, 2.75) is 12.5 Å². The molecule has 1 aliphatic heterocycles. The molecule has 1 aromatic heterocycles. The number of aromatic nitrogens is 2. The number of methoxy groups -OCH3 is 1. The maximum absolute atomic E-state index is 12.0. The summed E-state index contributed by atoms with van der Waals surface area (Å²) in [6.45, 7) is 2.81. The average Bonchev–Trinajstić information content (AvgIpc) is 2.90. The molecule has 1 saturated heterocycles. The van der Waals surface area contributed by atoms with Crippen molar-refractivity contribution in [3.63, 3.8) is 0 Å². The van der Waals surface area contributed by atoms with E-state index in [-0.39, 0.29) is 11.9 Å². The molecule has 0 unspecified atom stereocenters. The van der Waals surface area contributed by atoms with E-state index in [1.54, 1.807) is 13.3 Å². The van der Waals surface area contributed by atoms with Crippen LogP contribution in [-0.4, -0.2) is 66.1 Å². The van der Waals surface area contributed by atoms with Crippen LogP contribution in [0.25, 0.3) is 0 Å². The number of nitrogens with zero attached hydrogens (tertiary/aromatic N) is 3. The first-order valence-electron chi connectivity index (χ1n) is 6.18. The summed E-state index contributed by atoms with van der Waals surface area (Å²) in [5.41, 5.74) is 0. The molecule has 2 rings (SSSR count). The molecular weight excluding hydrogens is 232 g/mol. The normalized spacial score (nSPS) is 21.2. The molecule has 1 aromatic rings. The molecule has 1 aliphatic rings. The Bertz CT molecular complexity index is 379. The molecule has 2 heterocycles. The third-order valence-electron chi connectivity index (χ3n) is 3.36. The number of amides is 1. The third kappa shape index (κ3) is 2.88. The summed E-state index contributed by atoms with van der Waals surface area (Å²) < 4.78 is 4.95. The molecule has 6 nitrogen and oxygen atoms in total. The molecule has 100 valence electrons. The predicted octanol–water partition coefficient (Wildman–Crippen LogP) is 0.261. The first-order chi connectivity index (χ1) is 8.72. The van der Waals surface area contributed by atoms with E-state index >= 15 is 0 Å². The summed E-state index contributed by atoms with van der Waals surface area (Å²) in [5, 5.41) is 0. The number of likely N-dealkylation sites (N-methyl/N-ethyl adjacent to an activating group) is 1. The highest BCUT2D eigenvalue weighted by atomic mass is 16.5. The van der Waals surface area contributed by atoms with Crippen molar-refractivity contribution >= 4 is 5.91 Å². The van der Waals surface area contributed by atoms with E-state index in [0.717, 1.165) is 18.9 Å². The average molecular weight is 252 g/mol. The van der Waals surface area contributed by atoms with Crippen LogP contribution < -0.4 is 0 Å². The number of hydrogen-bond acceptors (Lipinski definition) is 4. The van der Waals surface area contributed by atoms with E-state index in [1.807, 2.05) is 11.1 Å². The van der Waals surface area contributed by atoms with E-state index in [4.69, 9.17) is 4.74 Å². The second kappa shape index (κ2) is 5.97. The van der Waals surface area contributed by atoms with Crippen molar-refractivity contribution in [3.05, 3.63) is 18.2 Å². The minimum absolute atomic E-state index is 0.153. The Labute approximate surface area is 107 Å². The molecule has 0 radical (unpaired) electrons. The van der Waals surface area contributed by atoms with E-state index in [2.05, 4.69) is 21.9 Å². The minimum atomic E-state index is 0.153. The summed E-state index contributed by atoms with van der Waals surface area (Å²) in [6, 6.07) is 0.153. The van der Waals surface area contributed by atoms with Gasteiger partial charge in [0.1, 0.15) is 5.82 Å². The fourth-order valence-electron chi connectivity index (χ4n) is 2.20. The maximum Gasteiger partial charge on any atom is 0.224 e. The molecule has 6 heteroatoms. The third-order valence-corrected chi connectivity index (χ3v) is 3.36. The lowest BCUT2D eigenvalue weighted by Gasteiger charge is -2.38. The lowest BCUT2D eigenvalue weighted by atomic mass is 10.1. The van der Waals surface area contributed by atoms with Gasteiger partial charge in [-0.25, -0.2) is 4.98 Å². The van der Waals surface area contributed by atoms with Crippen molar-refractivity contribution in [3.8, 4) is 0 Å². The van der Waals surface area contributed by atoms with Crippen LogP contribution in [-0.2, 0) is 9.53 Å². The fourth-order valence-corrected chi connectivity index (χ4v) is 2.20. The minimum Gasteiger partial charge on any atom is -0.384 e. The summed E-state index contributed by atoms with van der Waals surface area (Å²) in [7, 11) is 3.67. The highest BCUT2D eigenvalue weighted by Crippen LogP contribution is 2.21. The van der Waals surface area contributed by atoms with Gasteiger partial charge in [-0.15, -0.1) is 0 Å². The van der Waals surface area contributed by atoms with Gasteiger partial charge in [0.15, 0.2) is 0 Å². The summed E-state index contributed by atoms with van der Waals surface area (Å²) in [6.07, 6.45) is 4.01. The zero-order valence-electron chi connectivity index (χ0n) is 10.9. The van der Waals surface area contributed by atoms with Crippen molar-refractivity contribution in [2.75, 3.05) is 40.4 Å². The van der Waals surface area contributed by atoms with Crippen molar-refractivity contribution in [1.82, 2.24) is 19.8 Å². The molecule has 0 saturated carbocycles. The lowest BCUT2D eigenvalue weighted by Crippen LogP contribution is -2.49. The maximum atomic E-state index is 12.0. The number of hydrogen-bond donors (Lipinski definition) is 1. The van der Waals surface area contributed by atoms with Crippen molar-refractivity contribution < 1.29 is 9.53 Å². The van der Waals surface area contributed by atoms with E-state index in [9.17, 15) is 4.79 Å². The quantitative estimate of drug-likeness (QED) is 0.835. The molecule has 1 fully saturated rings. The van der Waals surface area contributed by atoms with Crippen LogP contribution in [0.15, 0.2) is 12.4 Å². The molecule has 1 N–H and O–H groups in total. The van der Waals surface area contributed by atoms with Gasteiger partial charge in [-0.3, -0.25) is 9.69 Å². The molecule has 0 aromatic carbocycles. The van der Waals surface area contributed by atoms with Gasteiger partial charge in [-0.05, 0) is 7.05 Å². The second-order valence-electron chi connectivity index (χ2n) is 4.55. The van der Waals surface area contributed by atoms with E-state index in [0.29, 0.717) is 19.6 Å². The van der Waals surface area contributed by atoms with E-state index < -0.39 is 0 Å². The number of ether oxygens (including phenoxy) is 1. The van der Waals surface area contributed by atoms with Gasteiger partial charge in [-0.1, -0.05) is 0 Å². The molecule has 1 amide bonds. The van der Waals surface area contributed by atoms with Gasteiger partial charge in [0.25, 0.3) is 0 Å². The number of nitrogens with one attached hydrogen (secondary N) is 1. The highest BCUT2D eigenvalue weighted by molar-refractivity contribution is 5.76. The number of rotatable bonds is 4. The Hall–Kier alpha value is -1.40. The first-order valence-corrected chi connectivity index (χ1v) is 6.18. The van der Waals surface area contributed by atoms with Crippen molar-refractivity contribution in [2.24, 2.45) is 0 Å². The van der Waals surface area contributed by atoms with E-state index in [1.165, 1.54) is 0 Å². The SMILES string of the molecule is COCCC(=O)N1CCN(C)[C@H](c2ncc[nH]2)C1. The zero-order valence-corrected chi connectivity index (χ0v) is 10.9. The van der Waals surface area contributed by atoms with Gasteiger partial charge in [0.05, 0.1) is 19.1 Å². The van der Waals surface area contributed by atoms with Crippen LogP contribution in [0.4, 0.5) is 0 Å². The van der Waals surface area contributed by atoms with Crippen LogP contribution in [0.2, 0.25) is 0 Å². The first kappa shape index (κ1) is 13.0. The van der Waals surface area contributed by atoms with Crippen LogP contribution in [0.3, 0.4) is 0 Å². The zero-order chi connectivity index (χ0) is 13.0. The van der Waals surface area contributed by atoms with Gasteiger partial charge < -0.3 is 14.6 Å². The topological polar surface area (TPSA) is 61.5 Å². The van der Waals surface area contributed by atoms with Crippen LogP contribution in [0.5, 0.6) is 0 Å². The number of imidazole rings is 1. The van der Waals surface area contributed by atoms with Gasteiger partial charge in [-0.2, -0.15) is 0 Å². The Kier molecular flexibility index (Phi) is 4.33. The van der Waals surface area contributed by atoms with Crippen LogP contribution >= 0.6 is 0 Å². The molecule has 0 spiro atoms. The molecule has 1 atom stereocenters. The Balaban J connectivity index is 1.98. The molecule has 0 aliphatic carbocycles. The molecule has 18 heavy (non-hydrogen) atoms. The van der Waals surface area contributed by atoms with Gasteiger partial charge >= 0.3 is 0 Å². The summed E-state index contributed by atoms with van der Waals surface area (Å²) >= 11 is 0. The van der Waals surface area contributed by atoms with Crippen molar-refractivity contribution in [1.29, 1.82) is 0 Å². The number of carbonyl (C=O) groups excluding carboxylic acids is 1. The summed E-state index contributed by atoms with van der Waals surface area (Å²) in [4.78, 5) is 23.5. The van der Waals surface area contributed by atoms with Gasteiger partial charge in [0.2, 0.25) is 5.91 Å². The Morgan fingerprint density at radius 1 is 1.61 bits per heavy atom. The monoisotopic (exact) mass is 252 g/mol. The fraction of sp³-hybridized carbons (Fsp3) is 0.667. The largest absolute Gasteiger partial charge is 0.384 e. The lowest BCUT2D eigenvalue weighted by molar-refractivity contribution is -0.135.